The van der Waals surface area contributed by atoms with Crippen molar-refractivity contribution in [3.63, 3.8) is 0 Å². The first-order valence-electron chi connectivity index (χ1n) is 13.0. The van der Waals surface area contributed by atoms with Gasteiger partial charge in [-0.15, -0.1) is 0 Å². The molecule has 2 atom stereocenters. The van der Waals surface area contributed by atoms with Gasteiger partial charge < -0.3 is 9.64 Å². The summed E-state index contributed by atoms with van der Waals surface area (Å²) in [5.74, 6) is -1.30. The van der Waals surface area contributed by atoms with E-state index in [1.165, 1.54) is 26.2 Å². The van der Waals surface area contributed by atoms with Gasteiger partial charge in [-0.3, -0.25) is 9.69 Å². The molecular weight excluding hydrogens is 545 g/mol. The summed E-state index contributed by atoms with van der Waals surface area (Å²) in [5, 5.41) is 3.93. The molecule has 1 saturated heterocycles. The molecule has 7 nitrogen and oxygen atoms in total. The quantitative estimate of drug-likeness (QED) is 0.278. The molecule has 1 fully saturated rings. The second-order valence-corrected chi connectivity index (χ2v) is 10.2. The van der Waals surface area contributed by atoms with Gasteiger partial charge in [0.15, 0.2) is 11.3 Å². The van der Waals surface area contributed by atoms with Crippen molar-refractivity contribution < 1.29 is 31.5 Å². The van der Waals surface area contributed by atoms with Crippen LogP contribution in [0.4, 0.5) is 22.0 Å². The van der Waals surface area contributed by atoms with Gasteiger partial charge in [-0.05, 0) is 62.7 Å². The Labute approximate surface area is 233 Å². The molecule has 216 valence electrons. The molecule has 0 radical (unpaired) electrons. The normalized spacial score (nSPS) is 17.2. The summed E-state index contributed by atoms with van der Waals surface area (Å²) >= 11 is 0. The van der Waals surface area contributed by atoms with Crippen LogP contribution in [0.2, 0.25) is 0 Å². The maximum atomic E-state index is 14.3. The summed E-state index contributed by atoms with van der Waals surface area (Å²) < 4.78 is 76.2. The minimum Gasteiger partial charge on any atom is -0.497 e. The number of piperazine rings is 1. The molecule has 2 aromatic heterocycles. The minimum absolute atomic E-state index is 0.0502. The van der Waals surface area contributed by atoms with Gasteiger partial charge >= 0.3 is 6.18 Å². The standard InChI is InChI=1S/C29H28F5N5O2/c1-16-15-37(18(3)20-11-21(30)13-22(31)12-20)9-10-38(16)28(40)24-14-35-39-26(29(32,33)34)17(2)25(36-27(24)39)19-5-7-23(41-4)8-6-19/h5-8,11-14,16,18H,9-10,15H2,1-4H3/t16-,18-/m1/s1. The summed E-state index contributed by atoms with van der Waals surface area (Å²) in [5.41, 5.74) is -0.398. The van der Waals surface area contributed by atoms with Crippen molar-refractivity contribution in [1.82, 2.24) is 24.4 Å². The van der Waals surface area contributed by atoms with Gasteiger partial charge in [0, 0.05) is 48.9 Å². The van der Waals surface area contributed by atoms with Crippen molar-refractivity contribution in [2.75, 3.05) is 26.7 Å². The molecule has 0 spiro atoms. The first kappa shape index (κ1) is 28.5. The lowest BCUT2D eigenvalue weighted by molar-refractivity contribution is -0.143. The van der Waals surface area contributed by atoms with E-state index in [0.717, 1.165) is 12.3 Å². The van der Waals surface area contributed by atoms with Crippen LogP contribution in [0.5, 0.6) is 5.75 Å². The molecule has 0 saturated carbocycles. The van der Waals surface area contributed by atoms with Gasteiger partial charge in [-0.1, -0.05) is 0 Å². The van der Waals surface area contributed by atoms with Crippen LogP contribution in [0, 0.1) is 18.6 Å². The number of carbonyl (C=O) groups excluding carboxylic acids is 1. The summed E-state index contributed by atoms with van der Waals surface area (Å²) in [6.07, 6.45) is -3.64. The van der Waals surface area contributed by atoms with E-state index in [2.05, 4.69) is 10.1 Å². The molecular formula is C29H28F5N5O2. The fourth-order valence-corrected chi connectivity index (χ4v) is 5.41. The summed E-state index contributed by atoms with van der Waals surface area (Å²) in [6.45, 7) is 6.01. The molecule has 5 rings (SSSR count). The number of rotatable bonds is 5. The van der Waals surface area contributed by atoms with Gasteiger partial charge in [-0.2, -0.15) is 18.3 Å². The number of hydrogen-bond donors (Lipinski definition) is 0. The Morgan fingerprint density at radius 2 is 1.73 bits per heavy atom. The third-order valence-corrected chi connectivity index (χ3v) is 7.58. The van der Waals surface area contributed by atoms with Crippen molar-refractivity contribution >= 4 is 11.6 Å². The van der Waals surface area contributed by atoms with E-state index in [4.69, 9.17) is 4.74 Å². The van der Waals surface area contributed by atoms with Crippen molar-refractivity contribution in [3.8, 4) is 17.0 Å². The number of methoxy groups -OCH3 is 1. The number of carbonyl (C=O) groups is 1. The van der Waals surface area contributed by atoms with Crippen molar-refractivity contribution in [2.24, 2.45) is 0 Å². The third-order valence-electron chi connectivity index (χ3n) is 7.58. The highest BCUT2D eigenvalue weighted by Gasteiger charge is 2.39. The number of fused-ring (bicyclic) bond motifs is 1. The second-order valence-electron chi connectivity index (χ2n) is 10.2. The average Bonchev–Trinajstić information content (AvgIpc) is 3.33. The summed E-state index contributed by atoms with van der Waals surface area (Å²) in [7, 11) is 1.49. The highest BCUT2D eigenvalue weighted by molar-refractivity contribution is 6.00. The van der Waals surface area contributed by atoms with Gasteiger partial charge in [0.05, 0.1) is 19.0 Å². The van der Waals surface area contributed by atoms with E-state index in [-0.39, 0.29) is 41.1 Å². The first-order chi connectivity index (χ1) is 19.4. The Morgan fingerprint density at radius 1 is 1.07 bits per heavy atom. The molecule has 0 unspecified atom stereocenters. The molecule has 12 heteroatoms. The molecule has 3 heterocycles. The van der Waals surface area contributed by atoms with Gasteiger partial charge in [0.1, 0.15) is 22.9 Å². The summed E-state index contributed by atoms with van der Waals surface area (Å²) in [4.78, 5) is 21.8. The number of ether oxygens (including phenoxy) is 1. The second kappa shape index (κ2) is 10.7. The van der Waals surface area contributed by atoms with Crippen molar-refractivity contribution in [2.45, 2.75) is 39.0 Å². The smallest absolute Gasteiger partial charge is 0.433 e. The third kappa shape index (κ3) is 5.35. The molecule has 1 amide bonds. The lowest BCUT2D eigenvalue weighted by atomic mass is 10.0. The first-order valence-corrected chi connectivity index (χ1v) is 13.0. The van der Waals surface area contributed by atoms with E-state index in [9.17, 15) is 26.7 Å². The number of aromatic nitrogens is 3. The summed E-state index contributed by atoms with van der Waals surface area (Å²) in [6, 6.07) is 9.16. The minimum atomic E-state index is -4.76. The van der Waals surface area contributed by atoms with Crippen LogP contribution < -0.4 is 4.74 Å². The highest BCUT2D eigenvalue weighted by Crippen LogP contribution is 2.37. The number of benzene rings is 2. The van der Waals surface area contributed by atoms with Crippen LogP contribution >= 0.6 is 0 Å². The zero-order valence-corrected chi connectivity index (χ0v) is 22.8. The largest absolute Gasteiger partial charge is 0.497 e. The van der Waals surface area contributed by atoms with E-state index in [1.807, 2.05) is 18.7 Å². The van der Waals surface area contributed by atoms with Crippen LogP contribution in [-0.2, 0) is 6.18 Å². The predicted octanol–water partition coefficient (Wildman–Crippen LogP) is 5.92. The zero-order valence-electron chi connectivity index (χ0n) is 22.8. The topological polar surface area (TPSA) is 63.0 Å². The highest BCUT2D eigenvalue weighted by atomic mass is 19.4. The van der Waals surface area contributed by atoms with E-state index in [1.54, 1.807) is 29.2 Å². The van der Waals surface area contributed by atoms with E-state index in [0.29, 0.717) is 34.5 Å². The van der Waals surface area contributed by atoms with Gasteiger partial charge in [0.2, 0.25) is 0 Å². The monoisotopic (exact) mass is 573 g/mol. The molecule has 1 aliphatic heterocycles. The lowest BCUT2D eigenvalue weighted by Gasteiger charge is -2.42. The van der Waals surface area contributed by atoms with Gasteiger partial charge in [-0.25, -0.2) is 18.3 Å². The number of alkyl halides is 3. The van der Waals surface area contributed by atoms with Gasteiger partial charge in [0.25, 0.3) is 5.91 Å². The predicted molar refractivity (Wildman–Crippen MR) is 142 cm³/mol. The molecule has 41 heavy (non-hydrogen) atoms. The Bertz CT molecular complexity index is 1580. The van der Waals surface area contributed by atoms with E-state index < -0.39 is 29.4 Å². The number of nitrogens with zero attached hydrogens (tertiary/aromatic N) is 5. The van der Waals surface area contributed by atoms with Crippen molar-refractivity contribution in [3.05, 3.63) is 82.7 Å². The molecule has 0 aliphatic carbocycles. The Kier molecular flexibility index (Phi) is 7.45. The number of amides is 1. The average molecular weight is 574 g/mol. The molecule has 2 aromatic carbocycles. The molecule has 0 N–H and O–H groups in total. The van der Waals surface area contributed by atoms with Crippen molar-refractivity contribution in [1.29, 1.82) is 0 Å². The fraction of sp³-hybridized carbons (Fsp3) is 0.345. The lowest BCUT2D eigenvalue weighted by Crippen LogP contribution is -2.54. The molecule has 0 bridgehead atoms. The zero-order chi connectivity index (χ0) is 29.6. The maximum absolute atomic E-state index is 14.3. The van der Waals surface area contributed by atoms with Crippen LogP contribution in [0.25, 0.3) is 16.9 Å². The SMILES string of the molecule is COc1ccc(-c2nc3c(C(=O)N4CCN([C@H](C)c5cc(F)cc(F)c5)C[C@H]4C)cnn3c(C(F)(F)F)c2C)cc1. The number of hydrogen-bond acceptors (Lipinski definition) is 5. The fourth-order valence-electron chi connectivity index (χ4n) is 5.41. The molecule has 4 aromatic rings. The maximum Gasteiger partial charge on any atom is 0.433 e. The van der Waals surface area contributed by atoms with Crippen LogP contribution in [-0.4, -0.2) is 63.1 Å². The van der Waals surface area contributed by atoms with Crippen LogP contribution in [0.3, 0.4) is 0 Å². The Morgan fingerprint density at radius 3 is 2.32 bits per heavy atom. The number of halogens is 5. The Balaban J connectivity index is 1.48. The molecule has 1 aliphatic rings. The Hall–Kier alpha value is -4.06. The van der Waals surface area contributed by atoms with Crippen LogP contribution in [0.15, 0.2) is 48.7 Å². The van der Waals surface area contributed by atoms with E-state index >= 15 is 0 Å². The van der Waals surface area contributed by atoms with Crippen LogP contribution in [0.1, 0.15) is 47.1 Å².